The third-order valence-electron chi connectivity index (χ3n) is 4.02. The molecule has 2 aromatic rings. The standard InChI is InChI=1S/C16H19NO2/c1-2-15-13(7-8-19-15)16(18)12-9-11-5-3-4-6-14(11)17-10-12/h3-6,9-10,13,15-16,18H,2,7-8H2,1H3. The Kier molecular flexibility index (Phi) is 3.49. The lowest BCUT2D eigenvalue weighted by Crippen LogP contribution is -2.22. The number of ether oxygens (including phenoxy) is 1. The molecule has 0 bridgehead atoms. The molecule has 1 aromatic carbocycles. The number of aliphatic hydroxyl groups is 1. The van der Waals surface area contributed by atoms with Crippen molar-refractivity contribution >= 4 is 10.9 Å². The van der Waals surface area contributed by atoms with Crippen molar-refractivity contribution in [1.29, 1.82) is 0 Å². The second-order valence-electron chi connectivity index (χ2n) is 5.18. The SMILES string of the molecule is CCC1OCCC1C(O)c1cnc2ccccc2c1. The predicted molar refractivity (Wildman–Crippen MR) is 74.8 cm³/mol. The number of aromatic nitrogens is 1. The molecule has 1 aromatic heterocycles. The third-order valence-corrected chi connectivity index (χ3v) is 4.02. The van der Waals surface area contributed by atoms with Crippen molar-refractivity contribution in [2.24, 2.45) is 5.92 Å². The second kappa shape index (κ2) is 5.27. The number of fused-ring (bicyclic) bond motifs is 1. The Hall–Kier alpha value is -1.45. The molecule has 1 saturated heterocycles. The Morgan fingerprint density at radius 2 is 2.26 bits per heavy atom. The normalized spacial score (nSPS) is 24.7. The number of hydrogen-bond acceptors (Lipinski definition) is 3. The van der Waals surface area contributed by atoms with Crippen LogP contribution in [0.4, 0.5) is 0 Å². The van der Waals surface area contributed by atoms with Crippen LogP contribution in [0.2, 0.25) is 0 Å². The first-order chi connectivity index (χ1) is 9.29. The summed E-state index contributed by atoms with van der Waals surface area (Å²) in [7, 11) is 0. The van der Waals surface area contributed by atoms with Crippen LogP contribution in [0, 0.1) is 5.92 Å². The van der Waals surface area contributed by atoms with E-state index in [1.165, 1.54) is 0 Å². The molecule has 3 atom stereocenters. The maximum absolute atomic E-state index is 10.6. The van der Waals surface area contributed by atoms with E-state index in [0.29, 0.717) is 0 Å². The van der Waals surface area contributed by atoms with Gasteiger partial charge in [-0.25, -0.2) is 0 Å². The maximum Gasteiger partial charge on any atom is 0.0858 e. The van der Waals surface area contributed by atoms with Gasteiger partial charge in [-0.3, -0.25) is 4.98 Å². The summed E-state index contributed by atoms with van der Waals surface area (Å²) in [5, 5.41) is 11.6. The van der Waals surface area contributed by atoms with Crippen LogP contribution >= 0.6 is 0 Å². The molecule has 0 radical (unpaired) electrons. The summed E-state index contributed by atoms with van der Waals surface area (Å²) in [6.07, 6.45) is 3.35. The highest BCUT2D eigenvalue weighted by molar-refractivity contribution is 5.78. The number of nitrogens with zero attached hydrogens (tertiary/aromatic N) is 1. The fraction of sp³-hybridized carbons (Fsp3) is 0.438. The van der Waals surface area contributed by atoms with E-state index < -0.39 is 6.10 Å². The summed E-state index contributed by atoms with van der Waals surface area (Å²) in [6.45, 7) is 2.86. The van der Waals surface area contributed by atoms with Gasteiger partial charge in [0.25, 0.3) is 0 Å². The molecule has 0 saturated carbocycles. The molecule has 1 aliphatic heterocycles. The smallest absolute Gasteiger partial charge is 0.0858 e. The van der Waals surface area contributed by atoms with Crippen molar-refractivity contribution in [3.63, 3.8) is 0 Å². The lowest BCUT2D eigenvalue weighted by Gasteiger charge is -2.23. The lowest BCUT2D eigenvalue weighted by atomic mass is 9.89. The first-order valence-corrected chi connectivity index (χ1v) is 6.94. The average molecular weight is 257 g/mol. The summed E-state index contributed by atoms with van der Waals surface area (Å²) in [6, 6.07) is 10.0. The van der Waals surface area contributed by atoms with E-state index in [1.807, 2.05) is 30.3 Å². The highest BCUT2D eigenvalue weighted by atomic mass is 16.5. The number of hydrogen-bond donors (Lipinski definition) is 1. The molecule has 19 heavy (non-hydrogen) atoms. The summed E-state index contributed by atoms with van der Waals surface area (Å²) in [4.78, 5) is 4.42. The molecule has 0 aliphatic carbocycles. The van der Waals surface area contributed by atoms with Gasteiger partial charge in [0.05, 0.1) is 17.7 Å². The van der Waals surface area contributed by atoms with E-state index in [2.05, 4.69) is 11.9 Å². The average Bonchev–Trinajstić information content (AvgIpc) is 2.94. The molecule has 3 unspecified atom stereocenters. The summed E-state index contributed by atoms with van der Waals surface area (Å²) >= 11 is 0. The lowest BCUT2D eigenvalue weighted by molar-refractivity contribution is 0.0307. The van der Waals surface area contributed by atoms with E-state index in [1.54, 1.807) is 6.20 Å². The molecule has 1 fully saturated rings. The Morgan fingerprint density at radius 1 is 1.42 bits per heavy atom. The molecule has 1 N–H and O–H groups in total. The van der Waals surface area contributed by atoms with Crippen LogP contribution in [-0.4, -0.2) is 22.8 Å². The van der Waals surface area contributed by atoms with Gasteiger partial charge in [0.1, 0.15) is 0 Å². The van der Waals surface area contributed by atoms with Gasteiger partial charge < -0.3 is 9.84 Å². The van der Waals surface area contributed by atoms with Crippen molar-refractivity contribution in [3.05, 3.63) is 42.1 Å². The van der Waals surface area contributed by atoms with Gasteiger partial charge in [0.2, 0.25) is 0 Å². The molecular formula is C16H19NO2. The van der Waals surface area contributed by atoms with Crippen LogP contribution in [0.1, 0.15) is 31.4 Å². The van der Waals surface area contributed by atoms with Crippen molar-refractivity contribution in [3.8, 4) is 0 Å². The third kappa shape index (κ3) is 2.36. The minimum absolute atomic E-state index is 0.168. The van der Waals surface area contributed by atoms with Gasteiger partial charge in [-0.05, 0) is 30.5 Å². The predicted octanol–water partition coefficient (Wildman–Crippen LogP) is 3.08. The first kappa shape index (κ1) is 12.6. The monoisotopic (exact) mass is 257 g/mol. The quantitative estimate of drug-likeness (QED) is 0.918. The topological polar surface area (TPSA) is 42.4 Å². The fourth-order valence-corrected chi connectivity index (χ4v) is 2.94. The Balaban J connectivity index is 1.90. The highest BCUT2D eigenvalue weighted by Gasteiger charge is 2.33. The number of aliphatic hydroxyl groups excluding tert-OH is 1. The van der Waals surface area contributed by atoms with Gasteiger partial charge in [0.15, 0.2) is 0 Å². The van der Waals surface area contributed by atoms with Crippen molar-refractivity contribution in [1.82, 2.24) is 4.98 Å². The molecule has 3 rings (SSSR count). The van der Waals surface area contributed by atoms with Gasteiger partial charge in [0, 0.05) is 24.1 Å². The van der Waals surface area contributed by atoms with E-state index >= 15 is 0 Å². The van der Waals surface area contributed by atoms with E-state index in [4.69, 9.17) is 4.74 Å². The van der Waals surface area contributed by atoms with Gasteiger partial charge >= 0.3 is 0 Å². The van der Waals surface area contributed by atoms with Gasteiger partial charge in [-0.1, -0.05) is 25.1 Å². The fourth-order valence-electron chi connectivity index (χ4n) is 2.94. The minimum Gasteiger partial charge on any atom is -0.388 e. The zero-order valence-electron chi connectivity index (χ0n) is 11.1. The molecule has 3 nitrogen and oxygen atoms in total. The van der Waals surface area contributed by atoms with Crippen LogP contribution in [0.5, 0.6) is 0 Å². The van der Waals surface area contributed by atoms with Crippen LogP contribution < -0.4 is 0 Å². The van der Waals surface area contributed by atoms with Crippen molar-refractivity contribution in [2.75, 3.05) is 6.61 Å². The Labute approximate surface area is 113 Å². The largest absolute Gasteiger partial charge is 0.388 e. The summed E-state index contributed by atoms with van der Waals surface area (Å²) in [5.74, 6) is 0.188. The van der Waals surface area contributed by atoms with E-state index in [-0.39, 0.29) is 12.0 Å². The maximum atomic E-state index is 10.6. The van der Waals surface area contributed by atoms with Crippen molar-refractivity contribution < 1.29 is 9.84 Å². The van der Waals surface area contributed by atoms with Crippen LogP contribution in [-0.2, 0) is 4.74 Å². The van der Waals surface area contributed by atoms with Gasteiger partial charge in [-0.2, -0.15) is 0 Å². The molecule has 2 heterocycles. The Bertz CT molecular complexity index is 569. The number of rotatable bonds is 3. The van der Waals surface area contributed by atoms with Crippen LogP contribution in [0.15, 0.2) is 36.5 Å². The highest BCUT2D eigenvalue weighted by Crippen LogP contribution is 2.35. The minimum atomic E-state index is -0.482. The van der Waals surface area contributed by atoms with E-state index in [0.717, 1.165) is 35.9 Å². The molecule has 0 spiro atoms. The number of para-hydroxylation sites is 1. The number of pyridine rings is 1. The molecule has 1 aliphatic rings. The second-order valence-corrected chi connectivity index (χ2v) is 5.18. The van der Waals surface area contributed by atoms with Crippen LogP contribution in [0.25, 0.3) is 10.9 Å². The van der Waals surface area contributed by atoms with Crippen LogP contribution in [0.3, 0.4) is 0 Å². The Morgan fingerprint density at radius 3 is 3.11 bits per heavy atom. The number of benzene rings is 1. The molecular weight excluding hydrogens is 238 g/mol. The van der Waals surface area contributed by atoms with E-state index in [9.17, 15) is 5.11 Å². The first-order valence-electron chi connectivity index (χ1n) is 6.94. The van der Waals surface area contributed by atoms with Crippen molar-refractivity contribution in [2.45, 2.75) is 32.0 Å². The van der Waals surface area contributed by atoms with Gasteiger partial charge in [-0.15, -0.1) is 0 Å². The molecule has 3 heteroatoms. The zero-order valence-corrected chi connectivity index (χ0v) is 11.1. The molecule has 100 valence electrons. The molecule has 0 amide bonds. The zero-order chi connectivity index (χ0) is 13.2. The summed E-state index contributed by atoms with van der Waals surface area (Å²) in [5.41, 5.74) is 1.86. The summed E-state index contributed by atoms with van der Waals surface area (Å²) < 4.78 is 5.66.